The molecule has 2 aromatic rings. The zero-order valence-corrected chi connectivity index (χ0v) is 14.5. The van der Waals surface area contributed by atoms with Crippen LogP contribution in [0.1, 0.15) is 41.9 Å². The first kappa shape index (κ1) is 18.0. The van der Waals surface area contributed by atoms with Crippen molar-refractivity contribution in [3.63, 3.8) is 0 Å². The standard InChI is InChI=1S/C16H19N3O2.2ClH/c1-9-2-5-14-13(17-9)8-15(21-14)16(20)19-12-6-10-3-4-11(7-12)18-10;;/h2,5,8,10-12,18H,3-4,6-7H2,1H3,(H,19,20);2*1H. The molecule has 0 saturated carbocycles. The fourth-order valence-corrected chi connectivity index (χ4v) is 3.57. The molecule has 2 atom stereocenters. The van der Waals surface area contributed by atoms with Crippen LogP contribution in [0.3, 0.4) is 0 Å². The van der Waals surface area contributed by atoms with Gasteiger partial charge in [-0.2, -0.15) is 0 Å². The van der Waals surface area contributed by atoms with E-state index in [1.807, 2.05) is 19.1 Å². The van der Waals surface area contributed by atoms with Gasteiger partial charge in [-0.05, 0) is 44.7 Å². The van der Waals surface area contributed by atoms with Crippen LogP contribution in [0.2, 0.25) is 0 Å². The second-order valence-electron chi connectivity index (χ2n) is 6.23. The molecule has 0 spiro atoms. The van der Waals surface area contributed by atoms with Crippen molar-refractivity contribution in [2.75, 3.05) is 0 Å². The van der Waals surface area contributed by atoms with Gasteiger partial charge in [0.15, 0.2) is 11.3 Å². The van der Waals surface area contributed by atoms with E-state index in [0.29, 0.717) is 23.4 Å². The molecular weight excluding hydrogens is 337 g/mol. The molecule has 2 aliphatic rings. The van der Waals surface area contributed by atoms with Gasteiger partial charge >= 0.3 is 0 Å². The van der Waals surface area contributed by atoms with Crippen molar-refractivity contribution in [2.45, 2.75) is 50.7 Å². The maximum Gasteiger partial charge on any atom is 0.287 e. The topological polar surface area (TPSA) is 67.2 Å². The molecule has 2 unspecified atom stereocenters. The molecule has 2 fully saturated rings. The van der Waals surface area contributed by atoms with Gasteiger partial charge in [0, 0.05) is 29.9 Å². The van der Waals surface area contributed by atoms with Crippen molar-refractivity contribution in [3.05, 3.63) is 29.7 Å². The van der Waals surface area contributed by atoms with E-state index >= 15 is 0 Å². The van der Waals surface area contributed by atoms with E-state index in [1.165, 1.54) is 12.8 Å². The SMILES string of the molecule is Cc1ccc2oc(C(=O)NC3CC4CCC(C3)N4)cc2n1.Cl.Cl. The van der Waals surface area contributed by atoms with Gasteiger partial charge in [0.2, 0.25) is 0 Å². The third kappa shape index (κ3) is 3.62. The summed E-state index contributed by atoms with van der Waals surface area (Å²) >= 11 is 0. The first-order valence-electron chi connectivity index (χ1n) is 7.61. The summed E-state index contributed by atoms with van der Waals surface area (Å²) < 4.78 is 5.61. The van der Waals surface area contributed by atoms with Crippen LogP contribution >= 0.6 is 24.8 Å². The Morgan fingerprint density at radius 3 is 2.65 bits per heavy atom. The molecule has 7 heteroatoms. The second-order valence-corrected chi connectivity index (χ2v) is 6.23. The number of furan rings is 1. The molecule has 0 aliphatic carbocycles. The summed E-state index contributed by atoms with van der Waals surface area (Å²) in [6.07, 6.45) is 4.48. The Bertz CT molecular complexity index is 692. The van der Waals surface area contributed by atoms with Gasteiger partial charge in [0.1, 0.15) is 5.52 Å². The van der Waals surface area contributed by atoms with Gasteiger partial charge in [0.25, 0.3) is 5.91 Å². The highest BCUT2D eigenvalue weighted by Gasteiger charge is 2.34. The van der Waals surface area contributed by atoms with Crippen molar-refractivity contribution in [3.8, 4) is 0 Å². The largest absolute Gasteiger partial charge is 0.449 e. The Morgan fingerprint density at radius 1 is 1.26 bits per heavy atom. The number of aryl methyl sites for hydroxylation is 1. The number of amides is 1. The van der Waals surface area contributed by atoms with E-state index in [-0.39, 0.29) is 36.8 Å². The Labute approximate surface area is 147 Å². The van der Waals surface area contributed by atoms with Crippen LogP contribution in [-0.2, 0) is 0 Å². The maximum atomic E-state index is 12.3. The Morgan fingerprint density at radius 2 is 1.96 bits per heavy atom. The Hall–Kier alpha value is -1.30. The van der Waals surface area contributed by atoms with E-state index in [1.54, 1.807) is 6.07 Å². The number of nitrogens with zero attached hydrogens (tertiary/aromatic N) is 1. The second kappa shape index (κ2) is 7.07. The third-order valence-corrected chi connectivity index (χ3v) is 4.54. The average molecular weight is 358 g/mol. The van der Waals surface area contributed by atoms with Gasteiger partial charge in [0.05, 0.1) is 0 Å². The molecule has 2 saturated heterocycles. The van der Waals surface area contributed by atoms with Crippen molar-refractivity contribution in [1.29, 1.82) is 0 Å². The molecule has 4 heterocycles. The number of hydrogen-bond donors (Lipinski definition) is 2. The lowest BCUT2D eigenvalue weighted by Crippen LogP contribution is -2.47. The van der Waals surface area contributed by atoms with Crippen LogP contribution in [0.5, 0.6) is 0 Å². The quantitative estimate of drug-likeness (QED) is 0.866. The molecule has 5 nitrogen and oxygen atoms in total. The molecular formula is C16H21Cl2N3O2. The van der Waals surface area contributed by atoms with Crippen LogP contribution in [0, 0.1) is 6.92 Å². The smallest absolute Gasteiger partial charge is 0.287 e. The molecule has 2 aromatic heterocycles. The highest BCUT2D eigenvalue weighted by Crippen LogP contribution is 2.27. The van der Waals surface area contributed by atoms with Crippen molar-refractivity contribution in [2.24, 2.45) is 0 Å². The summed E-state index contributed by atoms with van der Waals surface area (Å²) in [5, 5.41) is 6.69. The zero-order chi connectivity index (χ0) is 14.4. The summed E-state index contributed by atoms with van der Waals surface area (Å²) in [5.41, 5.74) is 2.33. The van der Waals surface area contributed by atoms with Crippen LogP contribution in [0.25, 0.3) is 11.1 Å². The highest BCUT2D eigenvalue weighted by atomic mass is 35.5. The summed E-state index contributed by atoms with van der Waals surface area (Å²) in [7, 11) is 0. The summed E-state index contributed by atoms with van der Waals surface area (Å²) in [5.74, 6) is 0.228. The van der Waals surface area contributed by atoms with Gasteiger partial charge in [-0.3, -0.25) is 4.79 Å². The minimum Gasteiger partial charge on any atom is -0.449 e. The first-order chi connectivity index (χ1) is 10.2. The number of hydrogen-bond acceptors (Lipinski definition) is 4. The number of rotatable bonds is 2. The van der Waals surface area contributed by atoms with E-state index in [4.69, 9.17) is 4.42 Å². The lowest BCUT2D eigenvalue weighted by atomic mass is 10.00. The third-order valence-electron chi connectivity index (χ3n) is 4.54. The lowest BCUT2D eigenvalue weighted by molar-refractivity contribution is 0.0898. The van der Waals surface area contributed by atoms with E-state index in [9.17, 15) is 4.79 Å². The Balaban J connectivity index is 0.000000960. The van der Waals surface area contributed by atoms with Crippen LogP contribution in [0.4, 0.5) is 0 Å². The van der Waals surface area contributed by atoms with Crippen LogP contribution in [-0.4, -0.2) is 29.0 Å². The molecule has 0 radical (unpaired) electrons. The van der Waals surface area contributed by atoms with Crippen LogP contribution in [0.15, 0.2) is 22.6 Å². The fourth-order valence-electron chi connectivity index (χ4n) is 3.57. The van der Waals surface area contributed by atoms with Crippen LogP contribution < -0.4 is 10.6 Å². The van der Waals surface area contributed by atoms with Crippen molar-refractivity contribution >= 4 is 41.8 Å². The predicted octanol–water partition coefficient (Wildman–Crippen LogP) is 2.99. The number of fused-ring (bicyclic) bond motifs is 3. The monoisotopic (exact) mass is 357 g/mol. The first-order valence-corrected chi connectivity index (χ1v) is 7.61. The fraction of sp³-hybridized carbons (Fsp3) is 0.500. The minimum absolute atomic E-state index is 0. The van der Waals surface area contributed by atoms with Gasteiger partial charge in [-0.15, -0.1) is 24.8 Å². The molecule has 4 rings (SSSR count). The van der Waals surface area contributed by atoms with Gasteiger partial charge in [-0.1, -0.05) is 0 Å². The number of piperidine rings is 1. The average Bonchev–Trinajstić information content (AvgIpc) is 3.02. The summed E-state index contributed by atoms with van der Waals surface area (Å²) in [4.78, 5) is 16.7. The zero-order valence-electron chi connectivity index (χ0n) is 12.9. The Kier molecular flexibility index (Phi) is 5.55. The van der Waals surface area contributed by atoms with E-state index < -0.39 is 0 Å². The van der Waals surface area contributed by atoms with Gasteiger partial charge < -0.3 is 15.1 Å². The highest BCUT2D eigenvalue weighted by molar-refractivity contribution is 5.95. The molecule has 23 heavy (non-hydrogen) atoms. The maximum absolute atomic E-state index is 12.3. The number of aromatic nitrogens is 1. The number of nitrogens with one attached hydrogen (secondary N) is 2. The molecule has 2 aliphatic heterocycles. The van der Waals surface area contributed by atoms with Gasteiger partial charge in [-0.25, -0.2) is 4.98 Å². The predicted molar refractivity (Wildman–Crippen MR) is 93.7 cm³/mol. The molecule has 0 aromatic carbocycles. The summed E-state index contributed by atoms with van der Waals surface area (Å²) in [6.45, 7) is 1.93. The molecule has 126 valence electrons. The molecule has 2 bridgehead atoms. The number of halogens is 2. The number of carbonyl (C=O) groups excluding carboxylic acids is 1. The summed E-state index contributed by atoms with van der Waals surface area (Å²) in [6, 6.07) is 6.85. The molecule has 2 N–H and O–H groups in total. The minimum atomic E-state index is -0.128. The number of pyridine rings is 1. The van der Waals surface area contributed by atoms with Crippen molar-refractivity contribution < 1.29 is 9.21 Å². The number of carbonyl (C=O) groups is 1. The normalized spacial score (nSPS) is 25.5. The lowest BCUT2D eigenvalue weighted by Gasteiger charge is -2.29. The van der Waals surface area contributed by atoms with E-state index in [2.05, 4.69) is 15.6 Å². The van der Waals surface area contributed by atoms with E-state index in [0.717, 1.165) is 24.1 Å². The molecule has 1 amide bonds. The van der Waals surface area contributed by atoms with Crippen molar-refractivity contribution in [1.82, 2.24) is 15.6 Å².